The van der Waals surface area contributed by atoms with Gasteiger partial charge in [0.1, 0.15) is 12.4 Å². The van der Waals surface area contributed by atoms with Gasteiger partial charge in [0, 0.05) is 12.2 Å². The van der Waals surface area contributed by atoms with Gasteiger partial charge in [0.05, 0.1) is 15.7 Å². The molecule has 0 saturated carbocycles. The summed E-state index contributed by atoms with van der Waals surface area (Å²) < 4.78 is 25.1. The molecular formula is C17H16ClFINO2. The van der Waals surface area contributed by atoms with Crippen molar-refractivity contribution in [2.75, 3.05) is 19.0 Å². The molecule has 0 unspecified atom stereocenters. The minimum atomic E-state index is -0.433. The molecule has 1 N–H and O–H groups in total. The Morgan fingerprint density at radius 1 is 1.35 bits per heavy atom. The highest BCUT2D eigenvalue weighted by Gasteiger charge is 2.11. The van der Waals surface area contributed by atoms with Crippen LogP contribution >= 0.6 is 34.2 Å². The van der Waals surface area contributed by atoms with Crippen LogP contribution in [0.4, 0.5) is 10.1 Å². The van der Waals surface area contributed by atoms with Crippen LogP contribution in [0.1, 0.15) is 5.56 Å². The number of anilines is 1. The Kier molecular flexibility index (Phi) is 6.53. The van der Waals surface area contributed by atoms with Crippen molar-refractivity contribution in [1.82, 2.24) is 0 Å². The van der Waals surface area contributed by atoms with Crippen molar-refractivity contribution in [3.63, 3.8) is 0 Å². The van der Waals surface area contributed by atoms with E-state index in [1.807, 2.05) is 12.1 Å². The zero-order chi connectivity index (χ0) is 16.8. The van der Waals surface area contributed by atoms with Gasteiger partial charge in [0.2, 0.25) is 0 Å². The van der Waals surface area contributed by atoms with Crippen LogP contribution in [-0.2, 0) is 6.54 Å². The van der Waals surface area contributed by atoms with E-state index in [2.05, 4.69) is 34.5 Å². The number of halogens is 3. The number of methoxy groups -OCH3 is 1. The lowest BCUT2D eigenvalue weighted by Gasteiger charge is -2.14. The fourth-order valence-corrected chi connectivity index (χ4v) is 2.97. The topological polar surface area (TPSA) is 30.5 Å². The van der Waals surface area contributed by atoms with Gasteiger partial charge < -0.3 is 14.8 Å². The molecule has 0 aliphatic heterocycles. The molecule has 23 heavy (non-hydrogen) atoms. The van der Waals surface area contributed by atoms with E-state index in [4.69, 9.17) is 21.1 Å². The predicted octanol–water partition coefficient (Wildman–Crippen LogP) is 5.27. The van der Waals surface area contributed by atoms with E-state index in [9.17, 15) is 4.39 Å². The fourth-order valence-electron chi connectivity index (χ4n) is 1.97. The van der Waals surface area contributed by atoms with Gasteiger partial charge >= 0.3 is 0 Å². The Bertz CT molecular complexity index is 709. The van der Waals surface area contributed by atoms with Crippen molar-refractivity contribution >= 4 is 39.9 Å². The van der Waals surface area contributed by atoms with Crippen LogP contribution in [0, 0.1) is 9.39 Å². The molecule has 0 radical (unpaired) electrons. The Hall–Kier alpha value is -1.47. The number of hydrogen-bond acceptors (Lipinski definition) is 3. The average molecular weight is 448 g/mol. The molecule has 0 fully saturated rings. The molecule has 2 aromatic carbocycles. The first-order valence-electron chi connectivity index (χ1n) is 6.84. The molecule has 0 saturated heterocycles. The Labute approximate surface area is 153 Å². The van der Waals surface area contributed by atoms with E-state index in [1.54, 1.807) is 25.3 Å². The van der Waals surface area contributed by atoms with Gasteiger partial charge in [-0.05, 0) is 58.5 Å². The summed E-state index contributed by atoms with van der Waals surface area (Å²) in [6.45, 7) is 4.61. The predicted molar refractivity (Wildman–Crippen MR) is 100 cm³/mol. The normalized spacial score (nSPS) is 10.3. The van der Waals surface area contributed by atoms with Gasteiger partial charge in [-0.25, -0.2) is 4.39 Å². The number of rotatable bonds is 7. The van der Waals surface area contributed by atoms with E-state index in [0.717, 1.165) is 14.8 Å². The maximum Gasteiger partial charge on any atom is 0.174 e. The standard InChI is InChI=1S/C17H16ClFINO2/c1-3-6-23-17-15(20)7-11(8-16(17)22-2)10-21-12-4-5-14(19)13(18)9-12/h3-5,7-9,21H,1,6,10H2,2H3. The number of ether oxygens (including phenoxy) is 2. The van der Waals surface area contributed by atoms with Crippen molar-refractivity contribution in [1.29, 1.82) is 0 Å². The SMILES string of the molecule is C=CCOc1c(I)cc(CNc2ccc(F)c(Cl)c2)cc1OC. The van der Waals surface area contributed by atoms with Gasteiger partial charge in [-0.1, -0.05) is 24.3 Å². The molecule has 0 aromatic heterocycles. The molecule has 0 heterocycles. The van der Waals surface area contributed by atoms with Crippen LogP contribution < -0.4 is 14.8 Å². The molecule has 0 aliphatic carbocycles. The summed E-state index contributed by atoms with van der Waals surface area (Å²) in [5.41, 5.74) is 1.76. The Morgan fingerprint density at radius 2 is 2.13 bits per heavy atom. The molecule has 2 aromatic rings. The molecule has 6 heteroatoms. The van der Waals surface area contributed by atoms with E-state index < -0.39 is 5.82 Å². The van der Waals surface area contributed by atoms with E-state index in [0.29, 0.717) is 24.7 Å². The van der Waals surface area contributed by atoms with Crippen LogP contribution in [0.25, 0.3) is 0 Å². The number of hydrogen-bond donors (Lipinski definition) is 1. The Morgan fingerprint density at radius 3 is 2.78 bits per heavy atom. The van der Waals surface area contributed by atoms with Crippen molar-refractivity contribution < 1.29 is 13.9 Å². The van der Waals surface area contributed by atoms with Crippen molar-refractivity contribution in [2.45, 2.75) is 6.54 Å². The van der Waals surface area contributed by atoms with Gasteiger partial charge in [-0.2, -0.15) is 0 Å². The summed E-state index contributed by atoms with van der Waals surface area (Å²) in [6, 6.07) is 8.44. The van der Waals surface area contributed by atoms with Gasteiger partial charge in [0.15, 0.2) is 11.5 Å². The molecule has 3 nitrogen and oxygen atoms in total. The monoisotopic (exact) mass is 447 g/mol. The smallest absolute Gasteiger partial charge is 0.174 e. The second-order valence-corrected chi connectivity index (χ2v) is 6.26. The third-order valence-corrected chi connectivity index (χ3v) is 4.14. The lowest BCUT2D eigenvalue weighted by atomic mass is 10.2. The Balaban J connectivity index is 2.15. The summed E-state index contributed by atoms with van der Waals surface area (Å²) >= 11 is 7.98. The molecular weight excluding hydrogens is 432 g/mol. The zero-order valence-corrected chi connectivity index (χ0v) is 15.4. The fraction of sp³-hybridized carbons (Fsp3) is 0.176. The van der Waals surface area contributed by atoms with Crippen LogP contribution in [-0.4, -0.2) is 13.7 Å². The third kappa shape index (κ3) is 4.75. The maximum absolute atomic E-state index is 13.2. The number of nitrogens with one attached hydrogen (secondary N) is 1. The van der Waals surface area contributed by atoms with Gasteiger partial charge in [0.25, 0.3) is 0 Å². The highest BCUT2D eigenvalue weighted by molar-refractivity contribution is 14.1. The van der Waals surface area contributed by atoms with Gasteiger partial charge in [-0.3, -0.25) is 0 Å². The molecule has 0 amide bonds. The summed E-state index contributed by atoms with van der Waals surface area (Å²) in [4.78, 5) is 0. The van der Waals surface area contributed by atoms with E-state index in [-0.39, 0.29) is 5.02 Å². The second kappa shape index (κ2) is 8.40. The minimum absolute atomic E-state index is 0.0929. The quantitative estimate of drug-likeness (QED) is 0.463. The van der Waals surface area contributed by atoms with Crippen LogP contribution in [0.3, 0.4) is 0 Å². The lowest BCUT2D eigenvalue weighted by Crippen LogP contribution is -2.03. The minimum Gasteiger partial charge on any atom is -0.493 e. The molecule has 0 atom stereocenters. The summed E-state index contributed by atoms with van der Waals surface area (Å²) in [5, 5.41) is 3.30. The third-order valence-electron chi connectivity index (χ3n) is 3.05. The summed E-state index contributed by atoms with van der Waals surface area (Å²) in [6.07, 6.45) is 1.68. The number of benzene rings is 2. The van der Waals surface area contributed by atoms with Crippen LogP contribution in [0.5, 0.6) is 11.5 Å². The van der Waals surface area contributed by atoms with Crippen molar-refractivity contribution in [2.24, 2.45) is 0 Å². The lowest BCUT2D eigenvalue weighted by molar-refractivity contribution is 0.324. The van der Waals surface area contributed by atoms with E-state index >= 15 is 0 Å². The second-order valence-electron chi connectivity index (χ2n) is 4.69. The van der Waals surface area contributed by atoms with Crippen molar-refractivity contribution in [3.8, 4) is 11.5 Å². The highest BCUT2D eigenvalue weighted by Crippen LogP contribution is 2.34. The first kappa shape index (κ1) is 17.9. The molecule has 0 spiro atoms. The highest BCUT2D eigenvalue weighted by atomic mass is 127. The maximum atomic E-state index is 13.2. The largest absolute Gasteiger partial charge is 0.493 e. The molecule has 2 rings (SSSR count). The molecule has 122 valence electrons. The van der Waals surface area contributed by atoms with E-state index in [1.165, 1.54) is 6.07 Å². The first-order valence-corrected chi connectivity index (χ1v) is 8.30. The van der Waals surface area contributed by atoms with Crippen molar-refractivity contribution in [3.05, 3.63) is 63.0 Å². The first-order chi connectivity index (χ1) is 11.0. The van der Waals surface area contributed by atoms with Gasteiger partial charge in [-0.15, -0.1) is 0 Å². The van der Waals surface area contributed by atoms with Crippen LogP contribution in [0.2, 0.25) is 5.02 Å². The average Bonchev–Trinajstić information content (AvgIpc) is 2.54. The van der Waals surface area contributed by atoms with Crippen LogP contribution in [0.15, 0.2) is 43.0 Å². The molecule has 0 aliphatic rings. The molecule has 0 bridgehead atoms. The summed E-state index contributed by atoms with van der Waals surface area (Å²) in [5.74, 6) is 0.923. The zero-order valence-electron chi connectivity index (χ0n) is 12.5. The summed E-state index contributed by atoms with van der Waals surface area (Å²) in [7, 11) is 1.60.